The highest BCUT2D eigenvalue weighted by molar-refractivity contribution is 8.00. The number of nitrogens with zero attached hydrogens (tertiary/aromatic N) is 1. The Labute approximate surface area is 240 Å². The van der Waals surface area contributed by atoms with Gasteiger partial charge in [0.15, 0.2) is 5.16 Å². The van der Waals surface area contributed by atoms with E-state index in [1.165, 1.54) is 35.8 Å². The third-order valence-corrected chi connectivity index (χ3v) is 9.15. The van der Waals surface area contributed by atoms with Crippen LogP contribution in [0, 0.1) is 0 Å². The fourth-order valence-corrected chi connectivity index (χ4v) is 7.11. The summed E-state index contributed by atoms with van der Waals surface area (Å²) in [6.07, 6.45) is 1.57. The summed E-state index contributed by atoms with van der Waals surface area (Å²) < 4.78 is 5.12. The number of amides is 1. The van der Waals surface area contributed by atoms with Crippen molar-refractivity contribution in [2.24, 2.45) is 0 Å². The largest absolute Gasteiger partial charge is 0.465 e. The SMILES string of the molecule is COC(=O)c1c(NC(=O)C(C)Sc2nc(-c3ccccc3)c(-c3ccccc3)[nH]2)sc2c1CCc1ccccc1-2. The second kappa shape index (κ2) is 11.2. The van der Waals surface area contributed by atoms with Gasteiger partial charge in [-0.05, 0) is 36.5 Å². The van der Waals surface area contributed by atoms with E-state index >= 15 is 0 Å². The minimum atomic E-state index is -0.477. The van der Waals surface area contributed by atoms with Crippen LogP contribution in [0.25, 0.3) is 33.0 Å². The van der Waals surface area contributed by atoms with Crippen molar-refractivity contribution in [1.82, 2.24) is 9.97 Å². The number of fused-ring (bicyclic) bond motifs is 3. The van der Waals surface area contributed by atoms with E-state index in [0.29, 0.717) is 15.7 Å². The highest BCUT2D eigenvalue weighted by atomic mass is 32.2. The van der Waals surface area contributed by atoms with Gasteiger partial charge in [-0.15, -0.1) is 11.3 Å². The molecule has 6 rings (SSSR count). The van der Waals surface area contributed by atoms with Gasteiger partial charge in [-0.3, -0.25) is 4.79 Å². The van der Waals surface area contributed by atoms with Crippen LogP contribution in [-0.4, -0.2) is 34.2 Å². The number of methoxy groups -OCH3 is 1. The number of rotatable bonds is 7. The molecule has 1 amide bonds. The maximum absolute atomic E-state index is 13.5. The zero-order chi connectivity index (χ0) is 27.6. The lowest BCUT2D eigenvalue weighted by atomic mass is 9.89. The molecule has 2 heterocycles. The average molecular weight is 566 g/mol. The molecule has 0 bridgehead atoms. The molecule has 200 valence electrons. The number of nitrogens with one attached hydrogen (secondary N) is 2. The molecule has 5 aromatic rings. The molecule has 2 aromatic heterocycles. The van der Waals surface area contributed by atoms with Crippen LogP contribution in [0.4, 0.5) is 5.00 Å². The fraction of sp³-hybridized carbons (Fsp3) is 0.156. The molecule has 1 unspecified atom stereocenters. The van der Waals surface area contributed by atoms with Crippen molar-refractivity contribution in [3.63, 3.8) is 0 Å². The number of imidazole rings is 1. The standard InChI is InChI=1S/C32H27N3O3S2/c1-19(39-32-33-26(21-12-5-3-6-13-21)27(34-32)22-14-7-4-8-15-22)29(36)35-30-25(31(37)38-2)24-18-17-20-11-9-10-16-23(20)28(24)40-30/h3-16,19H,17-18H2,1-2H3,(H,33,34)(H,35,36). The second-order valence-corrected chi connectivity index (χ2v) is 11.9. The molecule has 0 aliphatic heterocycles. The van der Waals surface area contributed by atoms with Gasteiger partial charge in [0.05, 0.1) is 29.3 Å². The van der Waals surface area contributed by atoms with Crippen LogP contribution in [0.1, 0.15) is 28.4 Å². The van der Waals surface area contributed by atoms with Crippen molar-refractivity contribution in [3.8, 4) is 33.0 Å². The number of hydrogen-bond acceptors (Lipinski definition) is 6. The van der Waals surface area contributed by atoms with Crippen LogP contribution in [0.2, 0.25) is 0 Å². The fourth-order valence-electron chi connectivity index (χ4n) is 5.01. The molecule has 0 saturated carbocycles. The van der Waals surface area contributed by atoms with Crippen LogP contribution in [0.15, 0.2) is 90.1 Å². The van der Waals surface area contributed by atoms with Gasteiger partial charge in [0, 0.05) is 16.0 Å². The van der Waals surface area contributed by atoms with Crippen LogP contribution < -0.4 is 5.32 Å². The Morgan fingerprint density at radius 2 is 1.62 bits per heavy atom. The number of hydrogen-bond donors (Lipinski definition) is 2. The first-order valence-corrected chi connectivity index (χ1v) is 14.7. The highest BCUT2D eigenvalue weighted by Gasteiger charge is 2.30. The zero-order valence-electron chi connectivity index (χ0n) is 22.1. The number of carbonyl (C=O) groups is 2. The summed E-state index contributed by atoms with van der Waals surface area (Å²) in [6, 6.07) is 28.3. The highest BCUT2D eigenvalue weighted by Crippen LogP contribution is 2.45. The van der Waals surface area contributed by atoms with Gasteiger partial charge in [-0.25, -0.2) is 9.78 Å². The smallest absolute Gasteiger partial charge is 0.341 e. The van der Waals surface area contributed by atoms with Crippen molar-refractivity contribution < 1.29 is 14.3 Å². The number of thiophene rings is 1. The number of aromatic nitrogens is 2. The van der Waals surface area contributed by atoms with E-state index in [2.05, 4.69) is 22.4 Å². The summed E-state index contributed by atoms with van der Waals surface area (Å²) in [6.45, 7) is 1.84. The Hall–Kier alpha value is -4.14. The van der Waals surface area contributed by atoms with Crippen LogP contribution in [0.3, 0.4) is 0 Å². The molecule has 2 N–H and O–H groups in total. The molecule has 6 nitrogen and oxygen atoms in total. The predicted molar refractivity (Wildman–Crippen MR) is 162 cm³/mol. The van der Waals surface area contributed by atoms with Gasteiger partial charge >= 0.3 is 5.97 Å². The lowest BCUT2D eigenvalue weighted by Gasteiger charge is -2.16. The summed E-state index contributed by atoms with van der Waals surface area (Å²) in [5.74, 6) is -0.639. The zero-order valence-corrected chi connectivity index (χ0v) is 23.7. The topological polar surface area (TPSA) is 84.1 Å². The quantitative estimate of drug-likeness (QED) is 0.158. The first-order chi connectivity index (χ1) is 19.5. The van der Waals surface area contributed by atoms with E-state index in [0.717, 1.165) is 51.4 Å². The lowest BCUT2D eigenvalue weighted by molar-refractivity contribution is -0.115. The Kier molecular flexibility index (Phi) is 7.28. The van der Waals surface area contributed by atoms with Crippen molar-refractivity contribution in [2.75, 3.05) is 12.4 Å². The second-order valence-electron chi connectivity index (χ2n) is 9.51. The van der Waals surface area contributed by atoms with E-state index < -0.39 is 11.2 Å². The van der Waals surface area contributed by atoms with E-state index in [1.54, 1.807) is 0 Å². The number of thioether (sulfide) groups is 1. The Bertz CT molecular complexity index is 1640. The summed E-state index contributed by atoms with van der Waals surface area (Å²) in [5, 5.41) is 3.73. The first kappa shape index (κ1) is 26.1. The van der Waals surface area contributed by atoms with E-state index in [1.807, 2.05) is 79.7 Å². The third-order valence-electron chi connectivity index (χ3n) is 6.99. The van der Waals surface area contributed by atoms with Crippen LogP contribution in [-0.2, 0) is 22.4 Å². The molecule has 0 spiro atoms. The van der Waals surface area contributed by atoms with Gasteiger partial charge < -0.3 is 15.0 Å². The minimum Gasteiger partial charge on any atom is -0.465 e. The molecule has 1 aliphatic carbocycles. The van der Waals surface area contributed by atoms with E-state index in [4.69, 9.17) is 9.72 Å². The number of H-pyrrole nitrogens is 1. The third kappa shape index (κ3) is 4.96. The molecule has 0 saturated heterocycles. The number of benzene rings is 3. The molecule has 0 radical (unpaired) electrons. The normalized spacial score (nSPS) is 12.8. The first-order valence-electron chi connectivity index (χ1n) is 13.0. The number of aromatic amines is 1. The molecule has 1 aliphatic rings. The number of carbonyl (C=O) groups excluding carboxylic acids is 2. The summed E-state index contributed by atoms with van der Waals surface area (Å²) in [5.41, 5.74) is 7.50. The van der Waals surface area contributed by atoms with Gasteiger partial charge in [0.1, 0.15) is 5.00 Å². The summed E-state index contributed by atoms with van der Waals surface area (Å²) in [4.78, 5) is 35.6. The van der Waals surface area contributed by atoms with Crippen LogP contribution >= 0.6 is 23.1 Å². The lowest BCUT2D eigenvalue weighted by Crippen LogP contribution is -2.23. The molecular weight excluding hydrogens is 539 g/mol. The minimum absolute atomic E-state index is 0.207. The van der Waals surface area contributed by atoms with Crippen molar-refractivity contribution in [1.29, 1.82) is 0 Å². The van der Waals surface area contributed by atoms with Gasteiger partial charge in [-0.2, -0.15) is 0 Å². The Morgan fingerprint density at radius 3 is 2.35 bits per heavy atom. The van der Waals surface area contributed by atoms with Crippen molar-refractivity contribution in [2.45, 2.75) is 30.2 Å². The molecule has 0 fully saturated rings. The summed E-state index contributed by atoms with van der Waals surface area (Å²) >= 11 is 2.78. The summed E-state index contributed by atoms with van der Waals surface area (Å²) in [7, 11) is 1.37. The van der Waals surface area contributed by atoms with Gasteiger partial charge in [-0.1, -0.05) is 96.7 Å². The monoisotopic (exact) mass is 565 g/mol. The van der Waals surface area contributed by atoms with Gasteiger partial charge in [0.2, 0.25) is 5.91 Å². The molecule has 8 heteroatoms. The van der Waals surface area contributed by atoms with Gasteiger partial charge in [0.25, 0.3) is 0 Å². The molecular formula is C32H27N3O3S2. The number of aryl methyl sites for hydroxylation is 1. The van der Waals surface area contributed by atoms with E-state index in [-0.39, 0.29) is 5.91 Å². The maximum Gasteiger partial charge on any atom is 0.341 e. The van der Waals surface area contributed by atoms with Crippen LogP contribution in [0.5, 0.6) is 0 Å². The number of ether oxygens (including phenoxy) is 1. The molecule has 1 atom stereocenters. The average Bonchev–Trinajstić information content (AvgIpc) is 3.59. The Balaban J connectivity index is 1.28. The van der Waals surface area contributed by atoms with E-state index in [9.17, 15) is 9.59 Å². The maximum atomic E-state index is 13.5. The van der Waals surface area contributed by atoms with Crippen molar-refractivity contribution in [3.05, 3.63) is 102 Å². The predicted octanol–water partition coefficient (Wildman–Crippen LogP) is 7.48. The number of anilines is 1. The number of esters is 1. The molecule has 40 heavy (non-hydrogen) atoms. The molecule has 3 aromatic carbocycles. The van der Waals surface area contributed by atoms with Crippen molar-refractivity contribution >= 4 is 40.0 Å². The Morgan fingerprint density at radius 1 is 0.950 bits per heavy atom.